The summed E-state index contributed by atoms with van der Waals surface area (Å²) in [4.78, 5) is 15.8. The molecule has 0 spiro atoms. The molecule has 2 bridgehead atoms. The Morgan fingerprint density at radius 2 is 1.89 bits per heavy atom. The molecule has 1 N–H and O–H groups in total. The van der Waals surface area contributed by atoms with Crippen LogP contribution in [-0.2, 0) is 32.5 Å². The molecule has 1 amide bonds. The average molecular weight is 645 g/mol. The average Bonchev–Trinajstić information content (AvgIpc) is 3.01. The minimum absolute atomic E-state index is 0.222. The zero-order valence-corrected chi connectivity index (χ0v) is 27.4. The van der Waals surface area contributed by atoms with Gasteiger partial charge >= 0.3 is 0 Å². The third-order valence-corrected chi connectivity index (χ3v) is 11.4. The molecule has 2 aromatic rings. The van der Waals surface area contributed by atoms with E-state index in [9.17, 15) is 13.2 Å². The van der Waals surface area contributed by atoms with E-state index in [0.29, 0.717) is 62.2 Å². The Bertz CT molecular complexity index is 1430. The SMILES string of the molecule is CC[C@@H]1CC[C@H](OCCOC)/C=C/[C@@H]2CC[C@H]2CN2CCCCc3cc(Cl)ccc3COc3ccc(cc32)C(=O)NS1(=O)=O. The largest absolute Gasteiger partial charge is 0.487 e. The number of carbonyl (C=O) groups is 1. The first-order valence-electron chi connectivity index (χ1n) is 15.9. The van der Waals surface area contributed by atoms with Crippen molar-refractivity contribution in [2.24, 2.45) is 11.8 Å². The summed E-state index contributed by atoms with van der Waals surface area (Å²) in [6, 6.07) is 11.2. The number of nitrogens with one attached hydrogen (secondary N) is 1. The van der Waals surface area contributed by atoms with Gasteiger partial charge in [0.25, 0.3) is 5.91 Å². The van der Waals surface area contributed by atoms with Gasteiger partial charge in [-0.15, -0.1) is 0 Å². The number of hydrogen-bond donors (Lipinski definition) is 1. The van der Waals surface area contributed by atoms with E-state index >= 15 is 0 Å². The van der Waals surface area contributed by atoms with Gasteiger partial charge in [-0.05, 0) is 105 Å². The number of allylic oxidation sites excluding steroid dienone is 1. The topological polar surface area (TPSA) is 94.2 Å². The lowest BCUT2D eigenvalue weighted by Gasteiger charge is -2.40. The van der Waals surface area contributed by atoms with Gasteiger partial charge in [-0.25, -0.2) is 13.1 Å². The van der Waals surface area contributed by atoms with E-state index in [1.165, 1.54) is 5.56 Å². The number of carbonyl (C=O) groups excluding carboxylic acids is 1. The normalized spacial score (nSPS) is 26.5. The highest BCUT2D eigenvalue weighted by Gasteiger charge is 2.33. The third-order valence-electron chi connectivity index (χ3n) is 9.26. The first-order chi connectivity index (χ1) is 21.3. The molecule has 5 rings (SSSR count). The number of fused-ring (bicyclic) bond motifs is 3. The predicted octanol–water partition coefficient (Wildman–Crippen LogP) is 6.31. The molecule has 8 nitrogen and oxygen atoms in total. The van der Waals surface area contributed by atoms with Gasteiger partial charge < -0.3 is 19.1 Å². The number of hydrogen-bond acceptors (Lipinski definition) is 7. The Morgan fingerprint density at radius 1 is 1.02 bits per heavy atom. The van der Waals surface area contributed by atoms with Crippen LogP contribution in [0.15, 0.2) is 48.6 Å². The van der Waals surface area contributed by atoms with Crippen LogP contribution in [0.25, 0.3) is 0 Å². The Labute approximate surface area is 267 Å². The zero-order chi connectivity index (χ0) is 31.1. The lowest BCUT2D eigenvalue weighted by molar-refractivity contribution is 0.0345. The lowest BCUT2D eigenvalue weighted by Crippen LogP contribution is -2.40. The molecule has 4 atom stereocenters. The van der Waals surface area contributed by atoms with Gasteiger partial charge in [-0.3, -0.25) is 4.79 Å². The summed E-state index contributed by atoms with van der Waals surface area (Å²) in [5, 5.41) is 0.00225. The fourth-order valence-corrected chi connectivity index (χ4v) is 8.05. The number of sulfonamides is 1. The van der Waals surface area contributed by atoms with E-state index < -0.39 is 21.2 Å². The summed E-state index contributed by atoms with van der Waals surface area (Å²) in [7, 11) is -2.28. The van der Waals surface area contributed by atoms with Gasteiger partial charge in [-0.1, -0.05) is 36.7 Å². The van der Waals surface area contributed by atoms with Crippen LogP contribution in [0.2, 0.25) is 5.02 Å². The van der Waals surface area contributed by atoms with E-state index in [2.05, 4.69) is 21.8 Å². The summed E-state index contributed by atoms with van der Waals surface area (Å²) >= 11 is 6.33. The van der Waals surface area contributed by atoms with E-state index in [0.717, 1.165) is 61.5 Å². The molecule has 240 valence electrons. The highest BCUT2D eigenvalue weighted by molar-refractivity contribution is 7.90. The van der Waals surface area contributed by atoms with Gasteiger partial charge in [0.15, 0.2) is 0 Å². The van der Waals surface area contributed by atoms with Crippen LogP contribution in [0.3, 0.4) is 0 Å². The Morgan fingerprint density at radius 3 is 2.66 bits per heavy atom. The number of methoxy groups -OCH3 is 1. The predicted molar refractivity (Wildman–Crippen MR) is 174 cm³/mol. The van der Waals surface area contributed by atoms with Crippen molar-refractivity contribution >= 4 is 33.2 Å². The van der Waals surface area contributed by atoms with Crippen molar-refractivity contribution in [3.05, 3.63) is 70.3 Å². The highest BCUT2D eigenvalue weighted by Crippen LogP contribution is 2.40. The Balaban J connectivity index is 1.50. The molecule has 0 radical (unpaired) electrons. The maximum absolute atomic E-state index is 13.5. The molecular weight excluding hydrogens is 600 g/mol. The summed E-state index contributed by atoms with van der Waals surface area (Å²) < 4.78 is 46.9. The van der Waals surface area contributed by atoms with Crippen LogP contribution in [0, 0.1) is 11.8 Å². The van der Waals surface area contributed by atoms with Gasteiger partial charge in [0.05, 0.1) is 30.3 Å². The van der Waals surface area contributed by atoms with Crippen molar-refractivity contribution in [3.63, 3.8) is 0 Å². The van der Waals surface area contributed by atoms with Crippen LogP contribution < -0.4 is 14.4 Å². The summed E-state index contributed by atoms with van der Waals surface area (Å²) in [6.07, 6.45) is 10.6. The zero-order valence-electron chi connectivity index (χ0n) is 25.8. The molecule has 0 saturated heterocycles. The molecule has 2 aromatic carbocycles. The Kier molecular flexibility index (Phi) is 11.3. The summed E-state index contributed by atoms with van der Waals surface area (Å²) in [5.41, 5.74) is 3.40. The maximum Gasteiger partial charge on any atom is 0.264 e. The van der Waals surface area contributed by atoms with Crippen molar-refractivity contribution in [2.45, 2.75) is 76.3 Å². The molecule has 1 saturated carbocycles. The van der Waals surface area contributed by atoms with E-state index in [-0.39, 0.29) is 6.10 Å². The minimum atomic E-state index is -3.92. The minimum Gasteiger partial charge on any atom is -0.487 e. The van der Waals surface area contributed by atoms with Gasteiger partial charge in [0, 0.05) is 30.8 Å². The van der Waals surface area contributed by atoms with Crippen LogP contribution in [0.4, 0.5) is 5.69 Å². The van der Waals surface area contributed by atoms with Crippen molar-refractivity contribution in [3.8, 4) is 5.75 Å². The van der Waals surface area contributed by atoms with Crippen molar-refractivity contribution in [1.82, 2.24) is 4.72 Å². The first-order valence-corrected chi connectivity index (χ1v) is 17.8. The number of rotatable bonds is 5. The molecule has 10 heteroatoms. The highest BCUT2D eigenvalue weighted by atomic mass is 35.5. The fraction of sp³-hybridized carbons (Fsp3) is 0.559. The molecule has 1 fully saturated rings. The van der Waals surface area contributed by atoms with Gasteiger partial charge in [0.1, 0.15) is 12.4 Å². The summed E-state index contributed by atoms with van der Waals surface area (Å²) in [6.45, 7) is 4.73. The van der Waals surface area contributed by atoms with E-state index in [1.54, 1.807) is 25.3 Å². The summed E-state index contributed by atoms with van der Waals surface area (Å²) in [5.74, 6) is 0.913. The lowest BCUT2D eigenvalue weighted by atomic mass is 9.73. The fourth-order valence-electron chi connectivity index (χ4n) is 6.42. The third kappa shape index (κ3) is 8.16. The second-order valence-electron chi connectivity index (χ2n) is 12.2. The van der Waals surface area contributed by atoms with Crippen LogP contribution in [-0.4, -0.2) is 59.1 Å². The first kappa shape index (κ1) is 32.8. The second-order valence-corrected chi connectivity index (χ2v) is 14.6. The smallest absolute Gasteiger partial charge is 0.264 e. The molecule has 3 aliphatic rings. The van der Waals surface area contributed by atoms with Gasteiger partial charge in [0.2, 0.25) is 10.0 Å². The molecule has 0 unspecified atom stereocenters. The molecule has 2 heterocycles. The van der Waals surface area contributed by atoms with Crippen molar-refractivity contribution in [1.29, 1.82) is 0 Å². The monoisotopic (exact) mass is 644 g/mol. The number of halogens is 1. The van der Waals surface area contributed by atoms with Crippen molar-refractivity contribution < 1.29 is 27.4 Å². The molecule has 0 aromatic heterocycles. The van der Waals surface area contributed by atoms with Crippen LogP contribution in [0.5, 0.6) is 5.75 Å². The van der Waals surface area contributed by atoms with Crippen LogP contribution >= 0.6 is 11.6 Å². The number of anilines is 1. The maximum atomic E-state index is 13.5. The number of ether oxygens (including phenoxy) is 3. The van der Waals surface area contributed by atoms with Crippen LogP contribution in [0.1, 0.15) is 73.4 Å². The van der Waals surface area contributed by atoms with E-state index in [1.807, 2.05) is 25.1 Å². The van der Waals surface area contributed by atoms with Crippen molar-refractivity contribution in [2.75, 3.05) is 38.3 Å². The number of aryl methyl sites for hydroxylation is 1. The quantitative estimate of drug-likeness (QED) is 0.301. The molecule has 1 aliphatic carbocycles. The molecule has 2 aliphatic heterocycles. The Hall–Kier alpha value is -2.59. The number of benzene rings is 2. The second kappa shape index (κ2) is 15.1. The standard InChI is InChI=1S/C34H45ClN2O6S/c1-3-31-15-14-30(42-19-18-41-2)13-10-24-7-8-27(24)22-37-17-5-4-6-25-20-29(35)12-9-28(25)23-43-33-16-11-26(21-32(33)37)34(38)36-44(31,39)40/h9-13,16,20-21,24,27,30-31H,3-8,14-15,17-19,22-23H2,1-2H3,(H,36,38)/b13-10+/t24-,27-,30+,31+/m0/s1. The number of nitrogens with zero attached hydrogens (tertiary/aromatic N) is 1. The van der Waals surface area contributed by atoms with Gasteiger partial charge in [-0.2, -0.15) is 0 Å². The number of amides is 1. The molecule has 44 heavy (non-hydrogen) atoms. The van der Waals surface area contributed by atoms with E-state index in [4.69, 9.17) is 25.8 Å². The molecular formula is C34H45ClN2O6S.